The molecule has 28 heavy (non-hydrogen) atoms. The number of carbonyl (C=O) groups is 3. The first-order valence-corrected chi connectivity index (χ1v) is 10.3. The highest BCUT2D eigenvalue weighted by atomic mass is 16.6. The molecular formula is C20H38N2O6. The Hall–Kier alpha value is -1.83. The minimum atomic E-state index is -0.574. The molecule has 0 unspecified atom stereocenters. The molecule has 0 heterocycles. The second kappa shape index (κ2) is 17.3. The summed E-state index contributed by atoms with van der Waals surface area (Å²) in [5.41, 5.74) is 0. The fourth-order valence-electron chi connectivity index (χ4n) is 2.52. The van der Waals surface area contributed by atoms with Gasteiger partial charge in [-0.15, -0.1) is 0 Å². The summed E-state index contributed by atoms with van der Waals surface area (Å²) < 4.78 is 15.1. The molecule has 0 aromatic rings. The number of likely N-dealkylation sites (N-methyl/N-ethyl adjacent to an activating group) is 2. The van der Waals surface area contributed by atoms with Gasteiger partial charge in [-0.1, -0.05) is 39.0 Å². The zero-order valence-corrected chi connectivity index (χ0v) is 18.0. The molecule has 0 rings (SSSR count). The summed E-state index contributed by atoms with van der Waals surface area (Å²) in [5.74, 6) is -0.737. The Morgan fingerprint density at radius 1 is 0.714 bits per heavy atom. The molecule has 0 aromatic carbocycles. The quantitative estimate of drug-likeness (QED) is 0.291. The van der Waals surface area contributed by atoms with Crippen molar-refractivity contribution in [1.82, 2.24) is 9.80 Å². The van der Waals surface area contributed by atoms with Crippen LogP contribution in [-0.2, 0) is 23.8 Å². The van der Waals surface area contributed by atoms with E-state index in [0.29, 0.717) is 26.3 Å². The highest BCUT2D eigenvalue weighted by molar-refractivity contribution is 5.85. The van der Waals surface area contributed by atoms with Gasteiger partial charge < -0.3 is 19.1 Å². The maximum absolute atomic E-state index is 12.4. The van der Waals surface area contributed by atoms with E-state index < -0.39 is 12.1 Å². The van der Waals surface area contributed by atoms with Crippen LogP contribution in [0.15, 0.2) is 0 Å². The van der Waals surface area contributed by atoms with Crippen molar-refractivity contribution in [3.63, 3.8) is 0 Å². The number of ether oxygens (including phenoxy) is 3. The molecule has 0 spiro atoms. The van der Waals surface area contributed by atoms with Crippen LogP contribution in [0.4, 0.5) is 4.79 Å². The van der Waals surface area contributed by atoms with Crippen molar-refractivity contribution >= 4 is 18.0 Å². The van der Waals surface area contributed by atoms with E-state index in [1.54, 1.807) is 13.8 Å². The first kappa shape index (κ1) is 26.2. The lowest BCUT2D eigenvalue weighted by Crippen LogP contribution is -2.45. The number of hydrogen-bond acceptors (Lipinski definition) is 6. The predicted molar refractivity (Wildman–Crippen MR) is 107 cm³/mol. The molecule has 2 amide bonds. The molecule has 0 aliphatic rings. The Morgan fingerprint density at radius 3 is 1.96 bits per heavy atom. The van der Waals surface area contributed by atoms with Gasteiger partial charge in [0.15, 0.2) is 0 Å². The molecule has 0 aliphatic heterocycles. The third kappa shape index (κ3) is 12.5. The molecule has 0 saturated heterocycles. The third-order valence-corrected chi connectivity index (χ3v) is 4.29. The highest BCUT2D eigenvalue weighted by Crippen LogP contribution is 2.05. The zero-order chi connectivity index (χ0) is 21.2. The largest absolute Gasteiger partial charge is 0.464 e. The van der Waals surface area contributed by atoms with Crippen LogP contribution in [0.5, 0.6) is 0 Å². The van der Waals surface area contributed by atoms with Gasteiger partial charge >= 0.3 is 12.1 Å². The van der Waals surface area contributed by atoms with Crippen molar-refractivity contribution in [2.75, 3.05) is 53.1 Å². The van der Waals surface area contributed by atoms with Gasteiger partial charge in [0.25, 0.3) is 0 Å². The van der Waals surface area contributed by atoms with Crippen LogP contribution < -0.4 is 0 Å². The fourth-order valence-corrected chi connectivity index (χ4v) is 2.52. The molecule has 164 valence electrons. The summed E-state index contributed by atoms with van der Waals surface area (Å²) in [6.45, 7) is 6.96. The zero-order valence-electron chi connectivity index (χ0n) is 18.0. The predicted octanol–water partition coefficient (Wildman–Crippen LogP) is 2.84. The highest BCUT2D eigenvalue weighted by Gasteiger charge is 2.22. The molecule has 0 atom stereocenters. The SMILES string of the molecule is CCCCCCCCOC(=O)CN(CC)C(=O)CN(CC)C(=O)OCCOC. The molecule has 0 aromatic heterocycles. The lowest BCUT2D eigenvalue weighted by atomic mass is 10.1. The van der Waals surface area contributed by atoms with Crippen molar-refractivity contribution < 1.29 is 28.6 Å². The number of esters is 1. The van der Waals surface area contributed by atoms with E-state index in [1.807, 2.05) is 0 Å². The molecule has 0 bridgehead atoms. The lowest BCUT2D eigenvalue weighted by Gasteiger charge is -2.25. The van der Waals surface area contributed by atoms with Gasteiger partial charge in [0.2, 0.25) is 5.91 Å². The second-order valence-electron chi connectivity index (χ2n) is 6.52. The number of unbranched alkanes of at least 4 members (excludes halogenated alkanes) is 5. The van der Waals surface area contributed by atoms with E-state index in [1.165, 1.54) is 36.2 Å². The molecule has 0 fully saturated rings. The monoisotopic (exact) mass is 402 g/mol. The Bertz CT molecular complexity index is 444. The summed E-state index contributed by atoms with van der Waals surface area (Å²) >= 11 is 0. The van der Waals surface area contributed by atoms with E-state index in [4.69, 9.17) is 14.2 Å². The normalized spacial score (nSPS) is 10.4. The molecule has 0 aliphatic carbocycles. The summed E-state index contributed by atoms with van der Waals surface area (Å²) in [4.78, 5) is 39.1. The van der Waals surface area contributed by atoms with Crippen molar-refractivity contribution in [2.45, 2.75) is 59.3 Å². The molecule has 8 heteroatoms. The number of carbonyl (C=O) groups excluding carboxylic acids is 3. The average Bonchev–Trinajstić information content (AvgIpc) is 2.69. The minimum Gasteiger partial charge on any atom is -0.464 e. The first-order chi connectivity index (χ1) is 13.5. The number of amides is 2. The summed E-state index contributed by atoms with van der Waals surface area (Å²) in [6, 6.07) is 0. The molecule has 8 nitrogen and oxygen atoms in total. The maximum Gasteiger partial charge on any atom is 0.410 e. The average molecular weight is 403 g/mol. The number of methoxy groups -OCH3 is 1. The van der Waals surface area contributed by atoms with Gasteiger partial charge in [-0.3, -0.25) is 14.5 Å². The minimum absolute atomic E-state index is 0.110. The smallest absolute Gasteiger partial charge is 0.410 e. The number of nitrogens with zero attached hydrogens (tertiary/aromatic N) is 2. The second-order valence-corrected chi connectivity index (χ2v) is 6.52. The van der Waals surface area contributed by atoms with Crippen molar-refractivity contribution in [3.05, 3.63) is 0 Å². The van der Waals surface area contributed by atoms with Crippen LogP contribution in [-0.4, -0.2) is 80.9 Å². The van der Waals surface area contributed by atoms with Crippen LogP contribution in [0, 0.1) is 0 Å². The van der Waals surface area contributed by atoms with Crippen molar-refractivity contribution in [3.8, 4) is 0 Å². The van der Waals surface area contributed by atoms with Gasteiger partial charge in [-0.05, 0) is 20.3 Å². The maximum atomic E-state index is 12.4. The van der Waals surface area contributed by atoms with Gasteiger partial charge in [-0.25, -0.2) is 4.79 Å². The van der Waals surface area contributed by atoms with E-state index in [2.05, 4.69) is 6.92 Å². The van der Waals surface area contributed by atoms with E-state index in [-0.39, 0.29) is 25.6 Å². The fraction of sp³-hybridized carbons (Fsp3) is 0.850. The van der Waals surface area contributed by atoms with Gasteiger partial charge in [0.05, 0.1) is 13.2 Å². The first-order valence-electron chi connectivity index (χ1n) is 10.3. The topological polar surface area (TPSA) is 85.4 Å². The van der Waals surface area contributed by atoms with Crippen LogP contribution in [0.2, 0.25) is 0 Å². The van der Waals surface area contributed by atoms with Crippen LogP contribution in [0.1, 0.15) is 59.3 Å². The van der Waals surface area contributed by atoms with Crippen LogP contribution >= 0.6 is 0 Å². The summed E-state index contributed by atoms with van der Waals surface area (Å²) in [7, 11) is 1.51. The summed E-state index contributed by atoms with van der Waals surface area (Å²) in [5, 5.41) is 0. The number of rotatable bonds is 16. The van der Waals surface area contributed by atoms with Crippen molar-refractivity contribution in [2.24, 2.45) is 0 Å². The molecule has 0 N–H and O–H groups in total. The Kier molecular flexibility index (Phi) is 16.2. The van der Waals surface area contributed by atoms with E-state index >= 15 is 0 Å². The summed E-state index contributed by atoms with van der Waals surface area (Å²) in [6.07, 6.45) is 6.11. The van der Waals surface area contributed by atoms with Gasteiger partial charge in [0.1, 0.15) is 19.7 Å². The standard InChI is InChI=1S/C20H38N2O6/c1-5-8-9-10-11-12-13-27-19(24)17-21(6-2)18(23)16-22(7-3)20(25)28-15-14-26-4/h5-17H2,1-4H3. The molecule has 0 saturated carbocycles. The third-order valence-electron chi connectivity index (χ3n) is 4.29. The Balaban J connectivity index is 4.24. The Morgan fingerprint density at radius 2 is 1.36 bits per heavy atom. The lowest BCUT2D eigenvalue weighted by molar-refractivity contribution is -0.149. The van der Waals surface area contributed by atoms with Crippen LogP contribution in [0.25, 0.3) is 0 Å². The van der Waals surface area contributed by atoms with Crippen molar-refractivity contribution in [1.29, 1.82) is 0 Å². The van der Waals surface area contributed by atoms with Crippen LogP contribution in [0.3, 0.4) is 0 Å². The molecule has 0 radical (unpaired) electrons. The van der Waals surface area contributed by atoms with Gasteiger partial charge in [0, 0.05) is 20.2 Å². The van der Waals surface area contributed by atoms with E-state index in [0.717, 1.165) is 19.3 Å². The number of hydrogen-bond donors (Lipinski definition) is 0. The molecular weight excluding hydrogens is 364 g/mol. The Labute approximate surface area is 169 Å². The van der Waals surface area contributed by atoms with E-state index in [9.17, 15) is 14.4 Å². The van der Waals surface area contributed by atoms with Gasteiger partial charge in [-0.2, -0.15) is 0 Å².